The summed E-state index contributed by atoms with van der Waals surface area (Å²) in [6.07, 6.45) is 8.26. The van der Waals surface area contributed by atoms with Gasteiger partial charge in [-0.25, -0.2) is 5.48 Å². The van der Waals surface area contributed by atoms with E-state index in [1.165, 1.54) is 21.3 Å². The van der Waals surface area contributed by atoms with Crippen molar-refractivity contribution >= 4 is 13.5 Å². The number of hydroxylamine groups is 1. The van der Waals surface area contributed by atoms with Crippen molar-refractivity contribution in [2.24, 2.45) is 0 Å². The lowest BCUT2D eigenvalue weighted by atomic mass is 9.80. The molecule has 7 aromatic rings. The summed E-state index contributed by atoms with van der Waals surface area (Å²) in [5, 5.41) is 20.0. The van der Waals surface area contributed by atoms with Crippen LogP contribution >= 0.6 is 7.60 Å². The molecule has 0 spiro atoms. The lowest BCUT2D eigenvalue weighted by Gasteiger charge is -2.28. The topological polar surface area (TPSA) is 214 Å². The molecule has 0 aliphatic heterocycles. The number of hydrogen-bond donors (Lipinski definition) is 3. The molecule has 3 N–H and O–H groups in total. The molecule has 0 saturated heterocycles. The van der Waals surface area contributed by atoms with Gasteiger partial charge in [-0.05, 0) is 165 Å². The fourth-order valence-corrected chi connectivity index (χ4v) is 13.3. The second kappa shape index (κ2) is 38.0. The number of benzene rings is 5. The average Bonchev–Trinajstić information content (AvgIpc) is 0.774. The zero-order valence-electron chi connectivity index (χ0n) is 62.4. The minimum atomic E-state index is -3.25. The SMILES string of the molecule is CCOP(=O)(CCCCCOc1c(Cc2cc(C(C)(C)C)ccc2OCCOCCn2cccc(O)c2=O)cc(C(C)(C)C)cc1Cc1cc(C(C)(C)C)cc(Cc2cc(C(C)(C)C)ccc2OCCOCCn2cccc(O)c2=O)c1OCCCCC(=O)NOCc1ccccc1)OCC. The summed E-state index contributed by atoms with van der Waals surface area (Å²) in [6, 6.07) is 37.6. The zero-order valence-corrected chi connectivity index (χ0v) is 63.3. The maximum Gasteiger partial charge on any atom is 0.330 e. The number of aromatic hydroxyl groups is 2. The number of aromatic nitrogens is 2. The van der Waals surface area contributed by atoms with E-state index in [9.17, 15) is 29.2 Å². The van der Waals surface area contributed by atoms with Crippen LogP contribution in [0, 0.1) is 0 Å². The molecule has 1 amide bonds. The van der Waals surface area contributed by atoms with Gasteiger partial charge in [-0.1, -0.05) is 162 Å². The Morgan fingerprint density at radius 3 is 1.30 bits per heavy atom. The molecular formula is C82H112N3O15P. The van der Waals surface area contributed by atoms with Gasteiger partial charge in [0.1, 0.15) is 36.2 Å². The molecule has 0 bridgehead atoms. The molecule has 2 aromatic heterocycles. The molecule has 0 fully saturated rings. The molecule has 0 aliphatic carbocycles. The number of ether oxygens (including phenoxy) is 6. The van der Waals surface area contributed by atoms with Gasteiger partial charge in [0.2, 0.25) is 5.91 Å². The van der Waals surface area contributed by atoms with Crippen molar-refractivity contribution in [1.29, 1.82) is 0 Å². The summed E-state index contributed by atoms with van der Waals surface area (Å²) in [5.41, 5.74) is 11.9. The third-order valence-corrected chi connectivity index (χ3v) is 19.6. The van der Waals surface area contributed by atoms with Crippen LogP contribution < -0.4 is 35.5 Å². The lowest BCUT2D eigenvalue weighted by Crippen LogP contribution is -2.23. The van der Waals surface area contributed by atoms with Crippen LogP contribution in [0.25, 0.3) is 0 Å². The largest absolute Gasteiger partial charge is 0.503 e. The summed E-state index contributed by atoms with van der Waals surface area (Å²) in [5.74, 6) is 2.05. The van der Waals surface area contributed by atoms with Gasteiger partial charge in [-0.2, -0.15) is 0 Å². The van der Waals surface area contributed by atoms with Crippen molar-refractivity contribution in [2.45, 2.75) is 196 Å². The molecule has 18 nitrogen and oxygen atoms in total. The van der Waals surface area contributed by atoms with Gasteiger partial charge in [0.25, 0.3) is 11.1 Å². The second-order valence-electron chi connectivity index (χ2n) is 29.8. The van der Waals surface area contributed by atoms with Crippen LogP contribution in [0.3, 0.4) is 0 Å². The van der Waals surface area contributed by atoms with Crippen molar-refractivity contribution in [3.63, 3.8) is 0 Å². The predicted molar refractivity (Wildman–Crippen MR) is 400 cm³/mol. The Morgan fingerprint density at radius 1 is 0.455 bits per heavy atom. The molecule has 2 heterocycles. The van der Waals surface area contributed by atoms with Crippen LogP contribution in [0.15, 0.2) is 137 Å². The number of nitrogens with one attached hydrogen (secondary N) is 1. The molecule has 0 saturated carbocycles. The van der Waals surface area contributed by atoms with Crippen LogP contribution in [0.4, 0.5) is 0 Å². The number of amides is 1. The van der Waals surface area contributed by atoms with Gasteiger partial charge in [0.05, 0.1) is 65.6 Å². The lowest BCUT2D eigenvalue weighted by molar-refractivity contribution is -0.134. The van der Waals surface area contributed by atoms with E-state index in [-0.39, 0.29) is 105 Å². The standard InChI is InChI=1S/C82H112N3O15P/c1-15-99-101(91,100-16-2)48-24-18-22-40-96-75-62(49-60-52-66(79(3,4)5)32-34-72(60)94-46-44-92-42-38-84-36-25-29-70(86)77(84)89)54-68(81(9,10)11)56-64(75)51-65-57-69(82(12,13)14)55-63(76(65)97-41-23-21-31-74(88)83-98-58-59-27-19-17-20-28-59)50-61-53-67(80(6,7)8)33-35-73(61)95-47-45-93-43-39-85-37-26-30-71(87)78(85)90/h17,19-20,25-30,32-37,52-57,86-87H,15-16,18,21-24,31,38-51,58H2,1-14H3,(H,83,88). The maximum absolute atomic E-state index is 13.6. The molecule has 550 valence electrons. The molecule has 0 radical (unpaired) electrons. The average molecular weight is 1410 g/mol. The third-order valence-electron chi connectivity index (χ3n) is 17.4. The fourth-order valence-electron chi connectivity index (χ4n) is 11.6. The van der Waals surface area contributed by atoms with Gasteiger partial charge in [0.15, 0.2) is 11.5 Å². The van der Waals surface area contributed by atoms with Crippen molar-refractivity contribution in [3.8, 4) is 34.5 Å². The highest BCUT2D eigenvalue weighted by molar-refractivity contribution is 7.53. The normalized spacial score (nSPS) is 12.2. The van der Waals surface area contributed by atoms with Crippen LogP contribution in [0.5, 0.6) is 34.5 Å². The highest BCUT2D eigenvalue weighted by Gasteiger charge is 2.28. The quantitative estimate of drug-likeness (QED) is 0.0185. The Hall–Kier alpha value is -7.70. The predicted octanol–water partition coefficient (Wildman–Crippen LogP) is 16.2. The molecule has 101 heavy (non-hydrogen) atoms. The van der Waals surface area contributed by atoms with Gasteiger partial charge < -0.3 is 56.8 Å². The van der Waals surface area contributed by atoms with Gasteiger partial charge in [-0.3, -0.25) is 23.8 Å². The Balaban J connectivity index is 1.30. The highest BCUT2D eigenvalue weighted by Crippen LogP contribution is 2.49. The Bertz CT molecular complexity index is 3940. The summed E-state index contributed by atoms with van der Waals surface area (Å²) in [4.78, 5) is 43.8. The minimum absolute atomic E-state index is 0.198. The molecular weight excluding hydrogens is 1300 g/mol. The summed E-state index contributed by atoms with van der Waals surface area (Å²) in [6.45, 7) is 33.8. The Labute approximate surface area is 599 Å². The first-order chi connectivity index (χ1) is 48.0. The minimum Gasteiger partial charge on any atom is -0.503 e. The van der Waals surface area contributed by atoms with Crippen molar-refractivity contribution in [1.82, 2.24) is 14.6 Å². The highest BCUT2D eigenvalue weighted by atomic mass is 31.2. The van der Waals surface area contributed by atoms with Crippen LogP contribution in [-0.4, -0.2) is 97.5 Å². The van der Waals surface area contributed by atoms with Crippen molar-refractivity contribution in [2.75, 3.05) is 72.2 Å². The molecule has 7 rings (SSSR count). The van der Waals surface area contributed by atoms with Crippen molar-refractivity contribution < 1.29 is 61.9 Å². The number of unbranched alkanes of at least 4 members (excludes halogenated alkanes) is 3. The number of rotatable bonds is 40. The van der Waals surface area contributed by atoms with Crippen LogP contribution in [-0.2, 0) is 93.3 Å². The number of pyridine rings is 2. The third kappa shape index (κ3) is 25.4. The molecule has 0 atom stereocenters. The first kappa shape index (κ1) is 80.6. The van der Waals surface area contributed by atoms with Crippen LogP contribution in [0.2, 0.25) is 0 Å². The van der Waals surface area contributed by atoms with E-state index in [1.54, 1.807) is 24.5 Å². The Kier molecular flexibility index (Phi) is 30.3. The van der Waals surface area contributed by atoms with Gasteiger partial charge >= 0.3 is 7.60 Å². The second-order valence-corrected chi connectivity index (χ2v) is 32.0. The summed E-state index contributed by atoms with van der Waals surface area (Å²) >= 11 is 0. The van der Waals surface area contributed by atoms with Crippen molar-refractivity contribution in [3.05, 3.63) is 210 Å². The van der Waals surface area contributed by atoms with E-state index < -0.39 is 18.7 Å². The molecule has 0 unspecified atom stereocenters. The van der Waals surface area contributed by atoms with Gasteiger partial charge in [0, 0.05) is 51.2 Å². The number of carbonyl (C=O) groups excluding carboxylic acids is 1. The fraction of sp³-hybridized carbons (Fsp3) is 0.500. The maximum atomic E-state index is 13.6. The Morgan fingerprint density at radius 2 is 0.871 bits per heavy atom. The molecule has 5 aromatic carbocycles. The van der Waals surface area contributed by atoms with E-state index in [4.69, 9.17) is 42.3 Å². The van der Waals surface area contributed by atoms with E-state index in [0.717, 1.165) is 79.1 Å². The van der Waals surface area contributed by atoms with E-state index in [1.807, 2.05) is 56.3 Å². The first-order valence-electron chi connectivity index (χ1n) is 35.8. The molecule has 19 heteroatoms. The number of carbonyl (C=O) groups is 1. The number of nitrogens with zero attached hydrogens (tertiary/aromatic N) is 2. The van der Waals surface area contributed by atoms with E-state index in [2.05, 4.69) is 137 Å². The van der Waals surface area contributed by atoms with E-state index >= 15 is 0 Å². The zero-order chi connectivity index (χ0) is 73.4. The summed E-state index contributed by atoms with van der Waals surface area (Å²) in [7, 11) is -3.25. The number of hydrogen-bond acceptors (Lipinski definition) is 15. The monoisotopic (exact) mass is 1410 g/mol. The smallest absolute Gasteiger partial charge is 0.330 e. The molecule has 0 aliphatic rings. The van der Waals surface area contributed by atoms with E-state index in [0.29, 0.717) is 89.0 Å². The van der Waals surface area contributed by atoms with Gasteiger partial charge in [-0.15, -0.1) is 0 Å². The van der Waals surface area contributed by atoms with Crippen LogP contribution in [0.1, 0.15) is 197 Å². The first-order valence-corrected chi connectivity index (χ1v) is 37.5. The summed E-state index contributed by atoms with van der Waals surface area (Å²) < 4.78 is 67.5.